The SMILES string of the molecule is CCOc1ccc2c(c1)[C@@H]1C=CC[C@H]1[C@H](c1ccc(Cl)c([N+](=O)[O-])c1)N2. The van der Waals surface area contributed by atoms with Crippen LogP contribution in [0.3, 0.4) is 0 Å². The van der Waals surface area contributed by atoms with Crippen molar-refractivity contribution >= 4 is 23.0 Å². The van der Waals surface area contributed by atoms with E-state index < -0.39 is 4.92 Å². The quantitative estimate of drug-likeness (QED) is 0.440. The Labute approximate surface area is 156 Å². The number of hydrogen-bond acceptors (Lipinski definition) is 4. The smallest absolute Gasteiger partial charge is 0.288 e. The maximum atomic E-state index is 11.3. The van der Waals surface area contributed by atoms with Gasteiger partial charge in [0.15, 0.2) is 0 Å². The summed E-state index contributed by atoms with van der Waals surface area (Å²) in [4.78, 5) is 10.8. The molecule has 1 heterocycles. The number of ether oxygens (including phenoxy) is 1. The van der Waals surface area contributed by atoms with E-state index in [4.69, 9.17) is 16.3 Å². The molecule has 26 heavy (non-hydrogen) atoms. The number of hydrogen-bond donors (Lipinski definition) is 1. The Bertz CT molecular complexity index is 897. The third-order valence-electron chi connectivity index (χ3n) is 5.17. The molecule has 1 aliphatic heterocycles. The van der Waals surface area contributed by atoms with E-state index in [2.05, 4.69) is 23.5 Å². The van der Waals surface area contributed by atoms with Crippen LogP contribution in [-0.2, 0) is 0 Å². The Morgan fingerprint density at radius 2 is 2.15 bits per heavy atom. The van der Waals surface area contributed by atoms with Crippen molar-refractivity contribution in [1.82, 2.24) is 0 Å². The Kier molecular flexibility index (Phi) is 4.32. The molecule has 1 N–H and O–H groups in total. The second-order valence-electron chi connectivity index (χ2n) is 6.63. The molecule has 0 bridgehead atoms. The predicted octanol–water partition coefficient (Wildman–Crippen LogP) is 5.47. The van der Waals surface area contributed by atoms with Crippen LogP contribution in [0.5, 0.6) is 5.75 Å². The van der Waals surface area contributed by atoms with E-state index in [9.17, 15) is 10.1 Å². The summed E-state index contributed by atoms with van der Waals surface area (Å²) in [5, 5.41) is 15.0. The standard InChI is InChI=1S/C20H19ClN2O3/c1-2-26-13-7-9-18-16(11-13)14-4-3-5-15(14)20(22-18)12-6-8-17(21)19(10-12)23(24)25/h3-4,6-11,14-15,20,22H,2,5H2,1H3/t14-,15-,20+/m1/s1. The van der Waals surface area contributed by atoms with Gasteiger partial charge in [-0.05, 0) is 54.7 Å². The molecule has 0 radical (unpaired) electrons. The van der Waals surface area contributed by atoms with Crippen molar-refractivity contribution in [3.8, 4) is 5.75 Å². The van der Waals surface area contributed by atoms with Gasteiger partial charge in [-0.2, -0.15) is 0 Å². The first-order valence-corrected chi connectivity index (χ1v) is 9.10. The van der Waals surface area contributed by atoms with Crippen LogP contribution in [0.1, 0.15) is 36.4 Å². The summed E-state index contributed by atoms with van der Waals surface area (Å²) >= 11 is 5.98. The minimum absolute atomic E-state index is 0.00332. The highest BCUT2D eigenvalue weighted by Crippen LogP contribution is 2.51. The maximum Gasteiger partial charge on any atom is 0.288 e. The normalized spacial score (nSPS) is 23.1. The molecule has 2 aromatic carbocycles. The summed E-state index contributed by atoms with van der Waals surface area (Å²) in [6.45, 7) is 2.60. The zero-order valence-corrected chi connectivity index (χ0v) is 15.1. The number of halogens is 1. The number of rotatable bonds is 4. The van der Waals surface area contributed by atoms with Crippen LogP contribution in [0.4, 0.5) is 11.4 Å². The number of benzene rings is 2. The zero-order chi connectivity index (χ0) is 18.3. The van der Waals surface area contributed by atoms with Crippen molar-refractivity contribution < 1.29 is 9.66 Å². The van der Waals surface area contributed by atoms with E-state index in [1.807, 2.05) is 25.1 Å². The van der Waals surface area contributed by atoms with E-state index in [0.717, 1.165) is 23.4 Å². The van der Waals surface area contributed by atoms with E-state index in [0.29, 0.717) is 12.5 Å². The first kappa shape index (κ1) is 16.9. The second kappa shape index (κ2) is 6.65. The molecule has 0 aromatic heterocycles. The van der Waals surface area contributed by atoms with E-state index in [-0.39, 0.29) is 22.7 Å². The lowest BCUT2D eigenvalue weighted by Gasteiger charge is -2.37. The molecule has 3 atom stereocenters. The van der Waals surface area contributed by atoms with Gasteiger partial charge in [-0.1, -0.05) is 29.8 Å². The molecular weight excluding hydrogens is 352 g/mol. The minimum Gasteiger partial charge on any atom is -0.494 e. The van der Waals surface area contributed by atoms with Gasteiger partial charge in [0.05, 0.1) is 17.6 Å². The van der Waals surface area contributed by atoms with Gasteiger partial charge in [-0.3, -0.25) is 10.1 Å². The minimum atomic E-state index is -0.429. The lowest BCUT2D eigenvalue weighted by atomic mass is 9.77. The number of fused-ring (bicyclic) bond motifs is 3. The van der Waals surface area contributed by atoms with Gasteiger partial charge < -0.3 is 10.1 Å². The lowest BCUT2D eigenvalue weighted by Crippen LogP contribution is -2.29. The number of anilines is 1. The van der Waals surface area contributed by atoms with Gasteiger partial charge in [0, 0.05) is 17.7 Å². The summed E-state index contributed by atoms with van der Waals surface area (Å²) in [6.07, 6.45) is 5.35. The van der Waals surface area contributed by atoms with Gasteiger partial charge in [0.25, 0.3) is 5.69 Å². The summed E-state index contributed by atoms with van der Waals surface area (Å²) in [5.41, 5.74) is 3.10. The third kappa shape index (κ3) is 2.82. The molecule has 4 rings (SSSR count). The number of nitrogens with zero attached hydrogens (tertiary/aromatic N) is 1. The molecule has 0 spiro atoms. The topological polar surface area (TPSA) is 64.4 Å². The predicted molar refractivity (Wildman–Crippen MR) is 102 cm³/mol. The van der Waals surface area contributed by atoms with Crippen LogP contribution in [-0.4, -0.2) is 11.5 Å². The molecule has 0 fully saturated rings. The van der Waals surface area contributed by atoms with E-state index in [1.165, 1.54) is 5.56 Å². The Hall–Kier alpha value is -2.53. The average molecular weight is 371 g/mol. The molecule has 0 amide bonds. The van der Waals surface area contributed by atoms with Crippen LogP contribution >= 0.6 is 11.6 Å². The van der Waals surface area contributed by atoms with Crippen LogP contribution in [0.15, 0.2) is 48.6 Å². The molecule has 5 nitrogen and oxygen atoms in total. The number of allylic oxidation sites excluding steroid dienone is 2. The highest BCUT2D eigenvalue weighted by Gasteiger charge is 2.38. The Balaban J connectivity index is 1.74. The van der Waals surface area contributed by atoms with E-state index >= 15 is 0 Å². The van der Waals surface area contributed by atoms with Gasteiger partial charge in [0.1, 0.15) is 10.8 Å². The summed E-state index contributed by atoms with van der Waals surface area (Å²) in [7, 11) is 0. The number of nitrogens with one attached hydrogen (secondary N) is 1. The molecule has 2 aliphatic rings. The van der Waals surface area contributed by atoms with Gasteiger partial charge in [-0.15, -0.1) is 0 Å². The van der Waals surface area contributed by atoms with Gasteiger partial charge in [0.2, 0.25) is 0 Å². The first-order valence-electron chi connectivity index (χ1n) is 8.72. The molecule has 2 aromatic rings. The van der Waals surface area contributed by atoms with Crippen molar-refractivity contribution in [2.45, 2.75) is 25.3 Å². The third-order valence-corrected chi connectivity index (χ3v) is 5.49. The molecule has 134 valence electrons. The Morgan fingerprint density at radius 1 is 1.31 bits per heavy atom. The van der Waals surface area contributed by atoms with Crippen LogP contribution < -0.4 is 10.1 Å². The van der Waals surface area contributed by atoms with Crippen molar-refractivity contribution in [1.29, 1.82) is 0 Å². The fourth-order valence-electron chi connectivity index (χ4n) is 4.02. The summed E-state index contributed by atoms with van der Waals surface area (Å²) < 4.78 is 5.65. The molecule has 1 aliphatic carbocycles. The first-order chi connectivity index (χ1) is 12.6. The zero-order valence-electron chi connectivity index (χ0n) is 14.3. The highest BCUT2D eigenvalue weighted by atomic mass is 35.5. The van der Waals surface area contributed by atoms with Gasteiger partial charge in [-0.25, -0.2) is 0 Å². The molecule has 0 saturated carbocycles. The van der Waals surface area contributed by atoms with Crippen molar-refractivity contribution in [3.63, 3.8) is 0 Å². The maximum absolute atomic E-state index is 11.3. The monoisotopic (exact) mass is 370 g/mol. The number of nitro benzene ring substituents is 1. The Morgan fingerprint density at radius 3 is 2.92 bits per heavy atom. The van der Waals surface area contributed by atoms with E-state index in [1.54, 1.807) is 12.1 Å². The highest BCUT2D eigenvalue weighted by molar-refractivity contribution is 6.32. The van der Waals surface area contributed by atoms with Gasteiger partial charge >= 0.3 is 0 Å². The van der Waals surface area contributed by atoms with Crippen LogP contribution in [0.2, 0.25) is 5.02 Å². The fraction of sp³-hybridized carbons (Fsp3) is 0.300. The lowest BCUT2D eigenvalue weighted by molar-refractivity contribution is -0.384. The molecule has 6 heteroatoms. The largest absolute Gasteiger partial charge is 0.494 e. The average Bonchev–Trinajstić information content (AvgIpc) is 3.12. The molecule has 0 saturated heterocycles. The molecule has 0 unspecified atom stereocenters. The summed E-state index contributed by atoms with van der Waals surface area (Å²) in [6, 6.07) is 11.2. The van der Waals surface area contributed by atoms with Crippen molar-refractivity contribution in [2.75, 3.05) is 11.9 Å². The fourth-order valence-corrected chi connectivity index (χ4v) is 4.21. The van der Waals surface area contributed by atoms with Crippen LogP contribution in [0, 0.1) is 16.0 Å². The van der Waals surface area contributed by atoms with Crippen molar-refractivity contribution in [2.24, 2.45) is 5.92 Å². The molecular formula is C20H19ClN2O3. The van der Waals surface area contributed by atoms with Crippen molar-refractivity contribution in [3.05, 3.63) is 74.8 Å². The number of nitro groups is 1. The van der Waals surface area contributed by atoms with Crippen LogP contribution in [0.25, 0.3) is 0 Å². The second-order valence-corrected chi connectivity index (χ2v) is 7.03. The summed E-state index contributed by atoms with van der Waals surface area (Å²) in [5.74, 6) is 1.44.